The normalized spacial score (nSPS) is 39.3. The van der Waals surface area contributed by atoms with Gasteiger partial charge in [-0.05, 0) is 76.8 Å². The standard InChI is InChI=1S/C29H52BrN5O4/c1-19-26(39-18-33-19)17-38-25-8-7-21-15-35(12-10-24(21)28(25)30)16-23(36)14-32-29(37)20-9-11-31-27(13-20)34-22-5-3-2-4-6-22/h19-28,31,33-34,36H,2-18H2,1H3,(H,32,37)/t19?,20?,21?,23-,24?,25?,26?,27?,28?/m0/s1. The lowest BCUT2D eigenvalue weighted by Crippen LogP contribution is -2.54. The number of likely N-dealkylation sites (tertiary alicyclic amines) is 1. The molecule has 5 N–H and O–H groups in total. The van der Waals surface area contributed by atoms with Crippen LogP contribution in [-0.2, 0) is 14.3 Å². The molecule has 5 rings (SSSR count). The van der Waals surface area contributed by atoms with Gasteiger partial charge in [0.25, 0.3) is 0 Å². The zero-order chi connectivity index (χ0) is 27.2. The first-order valence-corrected chi connectivity index (χ1v) is 16.7. The van der Waals surface area contributed by atoms with Gasteiger partial charge >= 0.3 is 0 Å². The number of nitrogens with one attached hydrogen (secondary N) is 4. The Balaban J connectivity index is 0.988. The molecule has 5 aliphatic rings. The lowest BCUT2D eigenvalue weighted by atomic mass is 9.73. The molecule has 1 amide bonds. The highest BCUT2D eigenvalue weighted by molar-refractivity contribution is 9.09. The van der Waals surface area contributed by atoms with Gasteiger partial charge in [0, 0.05) is 42.5 Å². The molecule has 3 heterocycles. The van der Waals surface area contributed by atoms with Crippen molar-refractivity contribution in [1.82, 2.24) is 26.2 Å². The first-order valence-electron chi connectivity index (χ1n) is 15.7. The average Bonchev–Trinajstić information content (AvgIpc) is 3.36. The number of fused-ring (bicyclic) bond motifs is 1. The fourth-order valence-corrected chi connectivity index (χ4v) is 8.65. The van der Waals surface area contributed by atoms with Crippen LogP contribution in [0.15, 0.2) is 0 Å². The Morgan fingerprint density at radius 3 is 2.79 bits per heavy atom. The number of ether oxygens (including phenoxy) is 2. The van der Waals surface area contributed by atoms with E-state index in [9.17, 15) is 9.90 Å². The van der Waals surface area contributed by atoms with Gasteiger partial charge in [-0.15, -0.1) is 0 Å². The molecule has 10 heteroatoms. The molecule has 3 saturated heterocycles. The molecular weight excluding hydrogens is 562 g/mol. The summed E-state index contributed by atoms with van der Waals surface area (Å²) >= 11 is 4.00. The van der Waals surface area contributed by atoms with Crippen LogP contribution in [0.4, 0.5) is 0 Å². The minimum absolute atomic E-state index is 0.0169. The van der Waals surface area contributed by atoms with E-state index < -0.39 is 6.10 Å². The fraction of sp³-hybridized carbons (Fsp3) is 0.966. The van der Waals surface area contributed by atoms with E-state index in [-0.39, 0.29) is 30.2 Å². The summed E-state index contributed by atoms with van der Waals surface area (Å²) in [4.78, 5) is 15.7. The molecule has 2 saturated carbocycles. The van der Waals surface area contributed by atoms with Crippen LogP contribution in [0.25, 0.3) is 0 Å². The first-order chi connectivity index (χ1) is 19.0. The van der Waals surface area contributed by atoms with Crippen LogP contribution in [-0.4, -0.2) is 103 Å². The maximum atomic E-state index is 12.9. The number of amides is 1. The molecule has 0 spiro atoms. The number of carbonyl (C=O) groups is 1. The van der Waals surface area contributed by atoms with Crippen molar-refractivity contribution in [2.75, 3.05) is 46.1 Å². The van der Waals surface area contributed by atoms with Gasteiger partial charge in [-0.1, -0.05) is 35.2 Å². The van der Waals surface area contributed by atoms with Crippen molar-refractivity contribution < 1.29 is 19.4 Å². The van der Waals surface area contributed by atoms with E-state index in [1.165, 1.54) is 32.1 Å². The second kappa shape index (κ2) is 14.7. The summed E-state index contributed by atoms with van der Waals surface area (Å²) in [6.07, 6.45) is 11.5. The Hall–Kier alpha value is -0.330. The van der Waals surface area contributed by atoms with Crippen LogP contribution in [0.3, 0.4) is 0 Å². The Morgan fingerprint density at radius 1 is 1.15 bits per heavy atom. The van der Waals surface area contributed by atoms with Gasteiger partial charge in [-0.25, -0.2) is 0 Å². The minimum atomic E-state index is -0.537. The number of carbonyl (C=O) groups excluding carboxylic acids is 1. The molecule has 3 aliphatic heterocycles. The van der Waals surface area contributed by atoms with E-state index in [2.05, 4.69) is 49.0 Å². The summed E-state index contributed by atoms with van der Waals surface area (Å²) in [7, 11) is 0. The number of hydrogen-bond acceptors (Lipinski definition) is 8. The predicted molar refractivity (Wildman–Crippen MR) is 156 cm³/mol. The van der Waals surface area contributed by atoms with Crippen molar-refractivity contribution in [1.29, 1.82) is 0 Å². The quantitative estimate of drug-likeness (QED) is 0.238. The summed E-state index contributed by atoms with van der Waals surface area (Å²) in [5.41, 5.74) is 0. The molecule has 0 aromatic rings. The van der Waals surface area contributed by atoms with E-state index in [0.29, 0.717) is 55.2 Å². The highest BCUT2D eigenvalue weighted by atomic mass is 79.9. The van der Waals surface area contributed by atoms with E-state index >= 15 is 0 Å². The monoisotopic (exact) mass is 613 g/mol. The van der Waals surface area contributed by atoms with Gasteiger partial charge in [0.1, 0.15) is 0 Å². The molecule has 8 unspecified atom stereocenters. The second-order valence-corrected chi connectivity index (χ2v) is 13.9. The van der Waals surface area contributed by atoms with Crippen molar-refractivity contribution in [3.63, 3.8) is 0 Å². The molecule has 39 heavy (non-hydrogen) atoms. The topological polar surface area (TPSA) is 107 Å². The predicted octanol–water partition coefficient (Wildman–Crippen LogP) is 1.93. The first kappa shape index (κ1) is 30.1. The molecule has 0 aromatic heterocycles. The summed E-state index contributed by atoms with van der Waals surface area (Å²) in [6.45, 7) is 7.24. The van der Waals surface area contributed by atoms with Gasteiger partial charge in [0.15, 0.2) is 0 Å². The Bertz CT molecular complexity index is 774. The van der Waals surface area contributed by atoms with Crippen LogP contribution in [0, 0.1) is 17.8 Å². The zero-order valence-electron chi connectivity index (χ0n) is 23.8. The van der Waals surface area contributed by atoms with Crippen LogP contribution < -0.4 is 21.3 Å². The number of nitrogens with zero attached hydrogens (tertiary/aromatic N) is 1. The second-order valence-electron chi connectivity index (χ2n) is 12.8. The third-order valence-electron chi connectivity index (χ3n) is 10.00. The number of alkyl halides is 1. The van der Waals surface area contributed by atoms with Gasteiger partial charge in [0.2, 0.25) is 5.91 Å². The lowest BCUT2D eigenvalue weighted by molar-refractivity contribution is -0.126. The molecule has 2 aliphatic carbocycles. The van der Waals surface area contributed by atoms with Gasteiger partial charge in [-0.2, -0.15) is 0 Å². The molecule has 0 radical (unpaired) electrons. The van der Waals surface area contributed by atoms with Gasteiger partial charge in [-0.3, -0.25) is 15.4 Å². The van der Waals surface area contributed by atoms with Crippen LogP contribution in [0.2, 0.25) is 0 Å². The van der Waals surface area contributed by atoms with Crippen molar-refractivity contribution in [2.24, 2.45) is 17.8 Å². The molecule has 5 fully saturated rings. The van der Waals surface area contributed by atoms with Crippen molar-refractivity contribution in [3.05, 3.63) is 0 Å². The van der Waals surface area contributed by atoms with E-state index in [1.807, 2.05) is 0 Å². The smallest absolute Gasteiger partial charge is 0.223 e. The van der Waals surface area contributed by atoms with Crippen molar-refractivity contribution >= 4 is 21.8 Å². The van der Waals surface area contributed by atoms with E-state index in [0.717, 1.165) is 51.7 Å². The summed E-state index contributed by atoms with van der Waals surface area (Å²) in [6, 6.07) is 0.925. The maximum Gasteiger partial charge on any atom is 0.223 e. The lowest BCUT2D eigenvalue weighted by Gasteiger charge is -2.46. The maximum absolute atomic E-state index is 12.9. The number of aliphatic hydroxyl groups is 1. The third kappa shape index (κ3) is 8.37. The molecule has 0 bridgehead atoms. The van der Waals surface area contributed by atoms with Crippen LogP contribution in [0.1, 0.15) is 71.1 Å². The number of β-amino-alcohol motifs (C(OH)–C–C–N with tert-alkyl or cyclic N) is 1. The number of piperidine rings is 2. The third-order valence-corrected chi connectivity index (χ3v) is 11.3. The Kier molecular flexibility index (Phi) is 11.4. The number of halogens is 1. The Labute approximate surface area is 243 Å². The number of aliphatic hydroxyl groups excluding tert-OH is 1. The van der Waals surface area contributed by atoms with Gasteiger partial charge < -0.3 is 30.1 Å². The van der Waals surface area contributed by atoms with Crippen molar-refractivity contribution in [2.45, 2.75) is 113 Å². The summed E-state index contributed by atoms with van der Waals surface area (Å²) in [5, 5.41) is 24.5. The van der Waals surface area contributed by atoms with Crippen LogP contribution >= 0.6 is 15.9 Å². The molecule has 9 nitrogen and oxygen atoms in total. The number of hydrogen-bond donors (Lipinski definition) is 5. The fourth-order valence-electron chi connectivity index (χ4n) is 7.54. The van der Waals surface area contributed by atoms with E-state index in [4.69, 9.17) is 9.47 Å². The van der Waals surface area contributed by atoms with Crippen LogP contribution in [0.5, 0.6) is 0 Å². The largest absolute Gasteiger partial charge is 0.390 e. The van der Waals surface area contributed by atoms with Crippen molar-refractivity contribution in [3.8, 4) is 0 Å². The Morgan fingerprint density at radius 2 is 2.00 bits per heavy atom. The molecule has 224 valence electrons. The van der Waals surface area contributed by atoms with Gasteiger partial charge in [0.05, 0.1) is 37.8 Å². The highest BCUT2D eigenvalue weighted by Crippen LogP contribution is 2.41. The molecule has 9 atom stereocenters. The highest BCUT2D eigenvalue weighted by Gasteiger charge is 2.42. The average molecular weight is 615 g/mol. The summed E-state index contributed by atoms with van der Waals surface area (Å²) < 4.78 is 12.1. The SMILES string of the molecule is CC1NCOC1COC1CCC2CN(C[C@@H](O)CNC(=O)C3CCNC(NC4CCCCC4)C3)CCC2C1Br. The van der Waals surface area contributed by atoms with E-state index in [1.54, 1.807) is 0 Å². The minimum Gasteiger partial charge on any atom is -0.390 e. The zero-order valence-corrected chi connectivity index (χ0v) is 25.4. The molecular formula is C29H52BrN5O4. The summed E-state index contributed by atoms with van der Waals surface area (Å²) in [5.74, 6) is 1.34. The molecule has 0 aromatic carbocycles. The number of rotatable bonds is 10.